The molecule has 170 valence electrons. The minimum absolute atomic E-state index is 0.0484. The maximum Gasteiger partial charge on any atom is 0.253 e. The van der Waals surface area contributed by atoms with Crippen LogP contribution in [-0.2, 0) is 11.2 Å². The van der Waals surface area contributed by atoms with Gasteiger partial charge >= 0.3 is 0 Å². The van der Waals surface area contributed by atoms with Gasteiger partial charge in [-0.2, -0.15) is 0 Å². The lowest BCUT2D eigenvalue weighted by atomic mass is 9.93. The molecule has 5 rings (SSSR count). The number of aryl methyl sites for hydroxylation is 1. The molecule has 0 bridgehead atoms. The van der Waals surface area contributed by atoms with Gasteiger partial charge in [0.1, 0.15) is 0 Å². The fourth-order valence-electron chi connectivity index (χ4n) is 4.88. The van der Waals surface area contributed by atoms with Crippen LogP contribution in [0.1, 0.15) is 38.0 Å². The number of piperazine rings is 1. The average Bonchev–Trinajstić information content (AvgIpc) is 3.33. The predicted molar refractivity (Wildman–Crippen MR) is 132 cm³/mol. The van der Waals surface area contributed by atoms with Gasteiger partial charge < -0.3 is 9.80 Å². The molecular formula is C27H29N3O2S. The van der Waals surface area contributed by atoms with Gasteiger partial charge in [0.05, 0.1) is 12.6 Å². The van der Waals surface area contributed by atoms with Crippen molar-refractivity contribution in [1.82, 2.24) is 14.7 Å². The van der Waals surface area contributed by atoms with Gasteiger partial charge in [0.15, 0.2) is 0 Å². The lowest BCUT2D eigenvalue weighted by Crippen LogP contribution is -2.53. The largest absolute Gasteiger partial charge is 0.338 e. The quantitative estimate of drug-likeness (QED) is 0.593. The van der Waals surface area contributed by atoms with Crippen LogP contribution in [-0.4, -0.2) is 65.8 Å². The van der Waals surface area contributed by atoms with Gasteiger partial charge in [-0.05, 0) is 48.1 Å². The summed E-state index contributed by atoms with van der Waals surface area (Å²) in [5.74, 6) is 0.198. The molecule has 2 amide bonds. The van der Waals surface area contributed by atoms with E-state index in [0.717, 1.165) is 18.5 Å². The molecule has 3 aromatic rings. The second kappa shape index (κ2) is 9.49. The van der Waals surface area contributed by atoms with Gasteiger partial charge in [0.2, 0.25) is 5.91 Å². The van der Waals surface area contributed by atoms with Crippen LogP contribution in [0.4, 0.5) is 0 Å². The molecule has 1 saturated heterocycles. The molecule has 0 N–H and O–H groups in total. The summed E-state index contributed by atoms with van der Waals surface area (Å²) < 4.78 is 0. The fraction of sp³-hybridized carbons (Fsp3) is 0.333. The zero-order valence-electron chi connectivity index (χ0n) is 18.9. The van der Waals surface area contributed by atoms with E-state index in [1.807, 2.05) is 58.4 Å². The Balaban J connectivity index is 1.23. The number of carbonyl (C=O) groups is 2. The number of nitrogens with zero attached hydrogens (tertiary/aromatic N) is 3. The summed E-state index contributed by atoms with van der Waals surface area (Å²) in [5.41, 5.74) is 4.42. The standard InChI is InChI=1S/C27H29N3O2S/c1-20-7-9-22(10-8-20)27(32)29-16-14-28(15-17-29)25(31)19-30-13-11-24-23(12-18-33-24)26(30)21-5-3-2-4-6-21/h2-10,12,18,26H,11,13-17,19H2,1H3/t26-/m0/s1. The second-order valence-electron chi connectivity index (χ2n) is 8.87. The van der Waals surface area contributed by atoms with E-state index in [-0.39, 0.29) is 17.9 Å². The maximum atomic E-state index is 13.3. The minimum atomic E-state index is 0.0484. The molecule has 0 aliphatic carbocycles. The highest BCUT2D eigenvalue weighted by atomic mass is 32.1. The van der Waals surface area contributed by atoms with Crippen molar-refractivity contribution in [3.63, 3.8) is 0 Å². The van der Waals surface area contributed by atoms with Gasteiger partial charge in [0, 0.05) is 43.2 Å². The number of fused-ring (bicyclic) bond motifs is 1. The number of amides is 2. The first-order valence-corrected chi connectivity index (χ1v) is 12.5. The number of hydrogen-bond acceptors (Lipinski definition) is 4. The molecule has 6 heteroatoms. The Bertz CT molecular complexity index is 1120. The summed E-state index contributed by atoms with van der Waals surface area (Å²) in [7, 11) is 0. The van der Waals surface area contributed by atoms with Crippen LogP contribution in [0.3, 0.4) is 0 Å². The SMILES string of the molecule is Cc1ccc(C(=O)N2CCN(C(=O)CN3CCc4sccc4[C@@H]3c3ccccc3)CC2)cc1. The third-order valence-corrected chi connectivity index (χ3v) is 7.73. The molecule has 1 fully saturated rings. The molecule has 1 atom stereocenters. The van der Waals surface area contributed by atoms with Crippen LogP contribution in [0.5, 0.6) is 0 Å². The van der Waals surface area contributed by atoms with Gasteiger partial charge in [-0.3, -0.25) is 14.5 Å². The van der Waals surface area contributed by atoms with Crippen LogP contribution in [0.15, 0.2) is 66.0 Å². The number of hydrogen-bond donors (Lipinski definition) is 0. The zero-order chi connectivity index (χ0) is 22.8. The lowest BCUT2D eigenvalue weighted by molar-refractivity contribution is -0.134. The predicted octanol–water partition coefficient (Wildman–Crippen LogP) is 3.99. The molecule has 5 nitrogen and oxygen atoms in total. The number of thiophene rings is 1. The van der Waals surface area contributed by atoms with Gasteiger partial charge in [-0.1, -0.05) is 48.0 Å². The normalized spacial score (nSPS) is 18.8. The highest BCUT2D eigenvalue weighted by Crippen LogP contribution is 2.37. The van der Waals surface area contributed by atoms with Crippen molar-refractivity contribution in [1.29, 1.82) is 0 Å². The van der Waals surface area contributed by atoms with Crippen molar-refractivity contribution in [2.45, 2.75) is 19.4 Å². The van der Waals surface area contributed by atoms with Crippen molar-refractivity contribution in [3.05, 3.63) is 93.2 Å². The van der Waals surface area contributed by atoms with Crippen molar-refractivity contribution < 1.29 is 9.59 Å². The second-order valence-corrected chi connectivity index (χ2v) is 9.87. The summed E-state index contributed by atoms with van der Waals surface area (Å²) in [5, 5.41) is 2.16. The van der Waals surface area contributed by atoms with Gasteiger partial charge in [-0.15, -0.1) is 11.3 Å². The summed E-state index contributed by atoms with van der Waals surface area (Å²) in [6.07, 6.45) is 0.989. The van der Waals surface area contributed by atoms with Crippen LogP contribution in [0, 0.1) is 6.92 Å². The Morgan fingerprint density at radius 1 is 0.879 bits per heavy atom. The van der Waals surface area contributed by atoms with E-state index < -0.39 is 0 Å². The molecule has 0 radical (unpaired) electrons. The average molecular weight is 460 g/mol. The number of carbonyl (C=O) groups excluding carboxylic acids is 2. The van der Waals surface area contributed by atoms with Crippen LogP contribution >= 0.6 is 11.3 Å². The van der Waals surface area contributed by atoms with Crippen molar-refractivity contribution in [2.24, 2.45) is 0 Å². The van der Waals surface area contributed by atoms with Gasteiger partial charge in [-0.25, -0.2) is 0 Å². The van der Waals surface area contributed by atoms with Crippen LogP contribution in [0.25, 0.3) is 0 Å². The minimum Gasteiger partial charge on any atom is -0.338 e. The molecular weight excluding hydrogens is 430 g/mol. The molecule has 0 saturated carbocycles. The van der Waals surface area contributed by atoms with Crippen LogP contribution < -0.4 is 0 Å². The number of rotatable bonds is 4. The van der Waals surface area contributed by atoms with E-state index in [2.05, 4.69) is 40.6 Å². The molecule has 1 aromatic heterocycles. The third-order valence-electron chi connectivity index (χ3n) is 6.74. The molecule has 0 spiro atoms. The summed E-state index contributed by atoms with van der Waals surface area (Å²) in [6, 6.07) is 20.5. The highest BCUT2D eigenvalue weighted by molar-refractivity contribution is 7.10. The monoisotopic (exact) mass is 459 g/mol. The lowest BCUT2D eigenvalue weighted by Gasteiger charge is -2.39. The first-order valence-electron chi connectivity index (χ1n) is 11.6. The summed E-state index contributed by atoms with van der Waals surface area (Å²) in [4.78, 5) is 33.6. The maximum absolute atomic E-state index is 13.3. The zero-order valence-corrected chi connectivity index (χ0v) is 19.8. The van der Waals surface area contributed by atoms with E-state index in [9.17, 15) is 9.59 Å². The van der Waals surface area contributed by atoms with E-state index >= 15 is 0 Å². The fourth-order valence-corrected chi connectivity index (χ4v) is 5.78. The van der Waals surface area contributed by atoms with Crippen molar-refractivity contribution >= 4 is 23.2 Å². The Morgan fingerprint density at radius 3 is 2.30 bits per heavy atom. The van der Waals surface area contributed by atoms with E-state index in [1.165, 1.54) is 16.0 Å². The molecule has 33 heavy (non-hydrogen) atoms. The van der Waals surface area contributed by atoms with Gasteiger partial charge in [0.25, 0.3) is 5.91 Å². The topological polar surface area (TPSA) is 43.9 Å². The Labute approximate surface area is 199 Å². The summed E-state index contributed by atoms with van der Waals surface area (Å²) >= 11 is 1.82. The van der Waals surface area contributed by atoms with E-state index in [1.54, 1.807) is 0 Å². The highest BCUT2D eigenvalue weighted by Gasteiger charge is 2.32. The third kappa shape index (κ3) is 4.59. The van der Waals surface area contributed by atoms with E-state index in [4.69, 9.17) is 0 Å². The van der Waals surface area contributed by atoms with Crippen molar-refractivity contribution in [3.8, 4) is 0 Å². The Kier molecular flexibility index (Phi) is 6.29. The molecule has 2 aliphatic heterocycles. The Hall–Kier alpha value is -2.96. The summed E-state index contributed by atoms with van der Waals surface area (Å²) in [6.45, 7) is 5.63. The molecule has 0 unspecified atom stereocenters. The Morgan fingerprint density at radius 2 is 1.58 bits per heavy atom. The first kappa shape index (κ1) is 21.9. The van der Waals surface area contributed by atoms with Crippen LogP contribution in [0.2, 0.25) is 0 Å². The van der Waals surface area contributed by atoms with E-state index in [0.29, 0.717) is 38.3 Å². The van der Waals surface area contributed by atoms with Crippen molar-refractivity contribution in [2.75, 3.05) is 39.3 Å². The molecule has 3 heterocycles. The molecule has 2 aliphatic rings. The number of benzene rings is 2. The first-order chi connectivity index (χ1) is 16.1. The smallest absolute Gasteiger partial charge is 0.253 e. The molecule has 2 aromatic carbocycles.